The van der Waals surface area contributed by atoms with Crippen molar-refractivity contribution in [2.75, 3.05) is 32.6 Å². The zero-order valence-electron chi connectivity index (χ0n) is 14.6. The lowest BCUT2D eigenvalue weighted by Gasteiger charge is -2.11. The predicted octanol–water partition coefficient (Wildman–Crippen LogP) is 3.41. The Bertz CT molecular complexity index is 717. The third kappa shape index (κ3) is 6.28. The van der Waals surface area contributed by atoms with E-state index in [1.165, 1.54) is 6.07 Å². The van der Waals surface area contributed by atoms with Gasteiger partial charge in [-0.3, -0.25) is 4.99 Å². The number of guanidine groups is 1. The van der Waals surface area contributed by atoms with Crippen molar-refractivity contribution in [3.05, 3.63) is 45.1 Å². The van der Waals surface area contributed by atoms with E-state index in [0.717, 1.165) is 39.8 Å². The SMILES string of the molecule is CN=C(NCCCc1ccc(Br)cc1F)NCc1csc(N(C)C)n1. The van der Waals surface area contributed by atoms with E-state index in [0.29, 0.717) is 13.0 Å². The summed E-state index contributed by atoms with van der Waals surface area (Å²) in [6, 6.07) is 5.18. The van der Waals surface area contributed by atoms with Crippen molar-refractivity contribution in [3.63, 3.8) is 0 Å². The highest BCUT2D eigenvalue weighted by molar-refractivity contribution is 9.10. The molecule has 0 unspecified atom stereocenters. The summed E-state index contributed by atoms with van der Waals surface area (Å²) in [5, 5.41) is 9.50. The van der Waals surface area contributed by atoms with Crippen LogP contribution in [0.25, 0.3) is 0 Å². The Morgan fingerprint density at radius 1 is 1.36 bits per heavy atom. The van der Waals surface area contributed by atoms with Gasteiger partial charge in [-0.05, 0) is 30.5 Å². The van der Waals surface area contributed by atoms with Gasteiger partial charge in [0.1, 0.15) is 5.82 Å². The van der Waals surface area contributed by atoms with Crippen molar-refractivity contribution < 1.29 is 4.39 Å². The van der Waals surface area contributed by atoms with Gasteiger partial charge in [-0.15, -0.1) is 11.3 Å². The third-order valence-electron chi connectivity index (χ3n) is 3.51. The van der Waals surface area contributed by atoms with Crippen LogP contribution in [0.4, 0.5) is 9.52 Å². The molecule has 0 radical (unpaired) electrons. The Hall–Kier alpha value is -1.67. The van der Waals surface area contributed by atoms with E-state index in [1.54, 1.807) is 18.4 Å². The molecule has 0 amide bonds. The molecule has 2 N–H and O–H groups in total. The topological polar surface area (TPSA) is 52.6 Å². The number of hydrogen-bond donors (Lipinski definition) is 2. The molecule has 8 heteroatoms. The van der Waals surface area contributed by atoms with Gasteiger partial charge in [-0.1, -0.05) is 22.0 Å². The van der Waals surface area contributed by atoms with Crippen molar-refractivity contribution in [2.45, 2.75) is 19.4 Å². The Labute approximate surface area is 160 Å². The zero-order valence-corrected chi connectivity index (χ0v) is 17.0. The van der Waals surface area contributed by atoms with Crippen molar-refractivity contribution in [2.24, 2.45) is 4.99 Å². The van der Waals surface area contributed by atoms with Gasteiger partial charge < -0.3 is 15.5 Å². The number of hydrogen-bond acceptors (Lipinski definition) is 4. The molecule has 1 aromatic carbocycles. The number of anilines is 1. The molecule has 0 aliphatic heterocycles. The molecule has 5 nitrogen and oxygen atoms in total. The molecule has 1 aromatic heterocycles. The van der Waals surface area contributed by atoms with Crippen molar-refractivity contribution in [1.29, 1.82) is 0 Å². The summed E-state index contributed by atoms with van der Waals surface area (Å²) in [7, 11) is 5.69. The maximum atomic E-state index is 13.8. The van der Waals surface area contributed by atoms with Crippen LogP contribution in [0.3, 0.4) is 0 Å². The van der Waals surface area contributed by atoms with Gasteiger partial charge in [0.05, 0.1) is 12.2 Å². The Kier molecular flexibility index (Phi) is 7.64. The lowest BCUT2D eigenvalue weighted by Crippen LogP contribution is -2.37. The number of thiazole rings is 1. The van der Waals surface area contributed by atoms with Crippen LogP contribution in [-0.2, 0) is 13.0 Å². The zero-order chi connectivity index (χ0) is 18.2. The van der Waals surface area contributed by atoms with Crippen molar-refractivity contribution >= 4 is 38.4 Å². The molecule has 0 aliphatic carbocycles. The summed E-state index contributed by atoms with van der Waals surface area (Å²) >= 11 is 4.88. The van der Waals surface area contributed by atoms with Crippen molar-refractivity contribution in [1.82, 2.24) is 15.6 Å². The van der Waals surface area contributed by atoms with E-state index in [-0.39, 0.29) is 5.82 Å². The summed E-state index contributed by atoms with van der Waals surface area (Å²) in [5.41, 5.74) is 1.71. The first-order valence-corrected chi connectivity index (χ1v) is 9.67. The van der Waals surface area contributed by atoms with Crippen LogP contribution in [0.2, 0.25) is 0 Å². The fourth-order valence-electron chi connectivity index (χ4n) is 2.19. The van der Waals surface area contributed by atoms with Crippen molar-refractivity contribution in [3.8, 4) is 0 Å². The van der Waals surface area contributed by atoms with Crippen LogP contribution in [0.15, 0.2) is 33.0 Å². The monoisotopic (exact) mass is 427 g/mol. The van der Waals surface area contributed by atoms with Crippen LogP contribution in [0.1, 0.15) is 17.7 Å². The molecule has 0 atom stereocenters. The first-order valence-electron chi connectivity index (χ1n) is 7.99. The van der Waals surface area contributed by atoms with Crippen LogP contribution in [0, 0.1) is 5.82 Å². The maximum Gasteiger partial charge on any atom is 0.191 e. The van der Waals surface area contributed by atoms with Gasteiger partial charge in [0.15, 0.2) is 11.1 Å². The molecular formula is C17H23BrFN5S. The van der Waals surface area contributed by atoms with E-state index in [4.69, 9.17) is 0 Å². The molecule has 0 saturated carbocycles. The van der Waals surface area contributed by atoms with E-state index in [1.807, 2.05) is 36.5 Å². The second kappa shape index (κ2) is 9.72. The van der Waals surface area contributed by atoms with Gasteiger partial charge >= 0.3 is 0 Å². The summed E-state index contributed by atoms with van der Waals surface area (Å²) in [6.07, 6.45) is 1.50. The number of halogens is 2. The number of nitrogens with one attached hydrogen (secondary N) is 2. The third-order valence-corrected chi connectivity index (χ3v) is 5.06. The normalized spacial score (nSPS) is 11.5. The second-order valence-electron chi connectivity index (χ2n) is 5.71. The van der Waals surface area contributed by atoms with Crippen LogP contribution in [-0.4, -0.2) is 38.6 Å². The van der Waals surface area contributed by atoms with Gasteiger partial charge in [0.25, 0.3) is 0 Å². The van der Waals surface area contributed by atoms with E-state index >= 15 is 0 Å². The molecule has 25 heavy (non-hydrogen) atoms. The van der Waals surface area contributed by atoms with E-state index < -0.39 is 0 Å². The number of rotatable bonds is 7. The van der Waals surface area contributed by atoms with Gasteiger partial charge in [-0.2, -0.15) is 0 Å². The Morgan fingerprint density at radius 2 is 2.16 bits per heavy atom. The number of aryl methyl sites for hydroxylation is 1. The number of nitrogens with zero attached hydrogens (tertiary/aromatic N) is 3. The predicted molar refractivity (Wildman–Crippen MR) is 107 cm³/mol. The molecule has 0 bridgehead atoms. The smallest absolute Gasteiger partial charge is 0.191 e. The first-order chi connectivity index (χ1) is 12.0. The minimum Gasteiger partial charge on any atom is -0.356 e. The molecule has 136 valence electrons. The first kappa shape index (κ1) is 19.7. The Morgan fingerprint density at radius 3 is 2.80 bits per heavy atom. The van der Waals surface area contributed by atoms with Gasteiger partial charge in [0.2, 0.25) is 0 Å². The molecule has 1 heterocycles. The quantitative estimate of drug-likeness (QED) is 0.403. The lowest BCUT2D eigenvalue weighted by atomic mass is 10.1. The molecule has 0 saturated heterocycles. The molecule has 0 aliphatic rings. The Balaban J connectivity index is 1.72. The fourth-order valence-corrected chi connectivity index (χ4v) is 3.28. The molecule has 0 spiro atoms. The number of aromatic nitrogens is 1. The molecule has 0 fully saturated rings. The van der Waals surface area contributed by atoms with E-state index in [2.05, 4.69) is 36.5 Å². The highest BCUT2D eigenvalue weighted by Gasteiger charge is 2.05. The largest absolute Gasteiger partial charge is 0.356 e. The average Bonchev–Trinajstić information content (AvgIpc) is 3.05. The summed E-state index contributed by atoms with van der Waals surface area (Å²) in [4.78, 5) is 10.7. The number of aliphatic imine (C=N–C) groups is 1. The standard InChI is InChI=1S/C17H23BrFN5S/c1-20-16(22-10-14-11-25-17(23-14)24(2)3)21-8-4-5-12-6-7-13(18)9-15(12)19/h6-7,9,11H,4-5,8,10H2,1-3H3,(H2,20,21,22). The number of benzene rings is 1. The van der Waals surface area contributed by atoms with Crippen LogP contribution in [0.5, 0.6) is 0 Å². The second-order valence-corrected chi connectivity index (χ2v) is 7.46. The summed E-state index contributed by atoms with van der Waals surface area (Å²) in [5.74, 6) is 0.549. The fraction of sp³-hybridized carbons (Fsp3) is 0.412. The molecular weight excluding hydrogens is 405 g/mol. The highest BCUT2D eigenvalue weighted by atomic mass is 79.9. The van der Waals surface area contributed by atoms with Crippen LogP contribution >= 0.6 is 27.3 Å². The minimum atomic E-state index is -0.169. The average molecular weight is 428 g/mol. The summed E-state index contributed by atoms with van der Waals surface area (Å²) in [6.45, 7) is 1.33. The van der Waals surface area contributed by atoms with Crippen LogP contribution < -0.4 is 15.5 Å². The van der Waals surface area contributed by atoms with Gasteiger partial charge in [0, 0.05) is 37.5 Å². The van der Waals surface area contributed by atoms with E-state index in [9.17, 15) is 4.39 Å². The minimum absolute atomic E-state index is 0.169. The molecule has 2 rings (SSSR count). The maximum absolute atomic E-state index is 13.8. The summed E-state index contributed by atoms with van der Waals surface area (Å²) < 4.78 is 14.5. The van der Waals surface area contributed by atoms with Gasteiger partial charge in [-0.25, -0.2) is 9.37 Å². The highest BCUT2D eigenvalue weighted by Crippen LogP contribution is 2.18. The lowest BCUT2D eigenvalue weighted by molar-refractivity contribution is 0.601. The molecule has 2 aromatic rings.